The fourth-order valence-electron chi connectivity index (χ4n) is 1.81. The van der Waals surface area contributed by atoms with Gasteiger partial charge in [0, 0.05) is 10.9 Å². The van der Waals surface area contributed by atoms with Gasteiger partial charge in [-0.1, -0.05) is 0 Å². The summed E-state index contributed by atoms with van der Waals surface area (Å²) >= 11 is 0. The minimum absolute atomic E-state index is 0.317. The zero-order valence-electron chi connectivity index (χ0n) is 9.49. The first kappa shape index (κ1) is 11.4. The third-order valence-electron chi connectivity index (χ3n) is 2.59. The monoisotopic (exact) mass is 234 g/mol. The van der Waals surface area contributed by atoms with Crippen LogP contribution < -0.4 is 9.47 Å². The molecule has 2 aromatic rings. The Morgan fingerprint density at radius 3 is 2.41 bits per heavy atom. The van der Waals surface area contributed by atoms with Crippen molar-refractivity contribution in [2.24, 2.45) is 0 Å². The number of halogens is 1. The molecule has 0 heterocycles. The quantitative estimate of drug-likeness (QED) is 0.766. The number of benzene rings is 2. The summed E-state index contributed by atoms with van der Waals surface area (Å²) in [5.74, 6) is 0.416. The Balaban J connectivity index is 2.91. The summed E-state index contributed by atoms with van der Waals surface area (Å²) in [5.41, 5.74) is 0.415. The van der Waals surface area contributed by atoms with Gasteiger partial charge in [0.2, 0.25) is 0 Å². The molecular formula is C13H11FO3. The molecule has 0 aliphatic carbocycles. The van der Waals surface area contributed by atoms with E-state index >= 15 is 0 Å². The van der Waals surface area contributed by atoms with Crippen molar-refractivity contribution in [1.82, 2.24) is 0 Å². The van der Waals surface area contributed by atoms with E-state index in [2.05, 4.69) is 0 Å². The number of carbonyl (C=O) groups excluding carboxylic acids is 1. The number of carbonyl (C=O) groups is 1. The molecule has 0 N–H and O–H groups in total. The van der Waals surface area contributed by atoms with Crippen LogP contribution in [-0.2, 0) is 0 Å². The summed E-state index contributed by atoms with van der Waals surface area (Å²) in [4.78, 5) is 10.8. The van der Waals surface area contributed by atoms with Crippen molar-refractivity contribution in [3.8, 4) is 11.5 Å². The fourth-order valence-corrected chi connectivity index (χ4v) is 1.81. The van der Waals surface area contributed by atoms with Crippen LogP contribution in [-0.4, -0.2) is 20.5 Å². The largest absolute Gasteiger partial charge is 0.496 e. The zero-order chi connectivity index (χ0) is 12.4. The first-order valence-electron chi connectivity index (χ1n) is 5.00. The van der Waals surface area contributed by atoms with E-state index in [1.165, 1.54) is 32.4 Å². The topological polar surface area (TPSA) is 35.5 Å². The SMILES string of the molecule is COc1ccc(F)c2c(OC)cc(C=O)cc12. The average Bonchev–Trinajstić information content (AvgIpc) is 2.37. The first-order chi connectivity index (χ1) is 8.21. The van der Waals surface area contributed by atoms with E-state index in [0.717, 1.165) is 0 Å². The smallest absolute Gasteiger partial charge is 0.150 e. The van der Waals surface area contributed by atoms with Gasteiger partial charge in [0.15, 0.2) is 0 Å². The van der Waals surface area contributed by atoms with Crippen molar-refractivity contribution >= 4 is 17.1 Å². The predicted octanol–water partition coefficient (Wildman–Crippen LogP) is 2.81. The van der Waals surface area contributed by atoms with Crippen LogP contribution in [0.2, 0.25) is 0 Å². The molecule has 88 valence electrons. The van der Waals surface area contributed by atoms with E-state index in [9.17, 15) is 9.18 Å². The minimum Gasteiger partial charge on any atom is -0.496 e. The normalized spacial score (nSPS) is 10.3. The highest BCUT2D eigenvalue weighted by atomic mass is 19.1. The average molecular weight is 234 g/mol. The molecule has 0 unspecified atom stereocenters. The van der Waals surface area contributed by atoms with Gasteiger partial charge in [0.05, 0.1) is 19.6 Å². The fraction of sp³-hybridized carbons (Fsp3) is 0.154. The van der Waals surface area contributed by atoms with Crippen molar-refractivity contribution in [2.75, 3.05) is 14.2 Å². The predicted molar refractivity (Wildman–Crippen MR) is 62.4 cm³/mol. The third-order valence-corrected chi connectivity index (χ3v) is 2.59. The molecule has 0 atom stereocenters. The Hall–Kier alpha value is -2.10. The molecule has 0 aliphatic rings. The van der Waals surface area contributed by atoms with Crippen molar-refractivity contribution in [3.05, 3.63) is 35.6 Å². The highest BCUT2D eigenvalue weighted by molar-refractivity contribution is 5.97. The molecule has 0 aromatic heterocycles. The Morgan fingerprint density at radius 1 is 1.12 bits per heavy atom. The van der Waals surface area contributed by atoms with Gasteiger partial charge in [-0.2, -0.15) is 0 Å². The summed E-state index contributed by atoms with van der Waals surface area (Å²) in [6, 6.07) is 5.90. The number of rotatable bonds is 3. The second-order valence-corrected chi connectivity index (χ2v) is 3.51. The Kier molecular flexibility index (Phi) is 2.95. The molecule has 0 spiro atoms. The van der Waals surface area contributed by atoms with Gasteiger partial charge in [-0.05, 0) is 24.3 Å². The second kappa shape index (κ2) is 4.41. The van der Waals surface area contributed by atoms with Crippen LogP contribution in [0.1, 0.15) is 10.4 Å². The molecule has 2 aromatic carbocycles. The summed E-state index contributed by atoms with van der Waals surface area (Å²) in [6.45, 7) is 0. The lowest BCUT2D eigenvalue weighted by atomic mass is 10.0. The highest BCUT2D eigenvalue weighted by Gasteiger charge is 2.13. The molecule has 17 heavy (non-hydrogen) atoms. The summed E-state index contributed by atoms with van der Waals surface area (Å²) < 4.78 is 24.0. The lowest BCUT2D eigenvalue weighted by Crippen LogP contribution is -1.94. The zero-order valence-corrected chi connectivity index (χ0v) is 9.49. The number of methoxy groups -OCH3 is 2. The minimum atomic E-state index is -0.407. The van der Waals surface area contributed by atoms with Crippen molar-refractivity contribution in [3.63, 3.8) is 0 Å². The third kappa shape index (κ3) is 1.82. The van der Waals surface area contributed by atoms with E-state index in [0.29, 0.717) is 34.1 Å². The molecule has 0 saturated carbocycles. The van der Waals surface area contributed by atoms with Gasteiger partial charge in [0.25, 0.3) is 0 Å². The molecule has 0 fully saturated rings. The number of hydrogen-bond acceptors (Lipinski definition) is 3. The summed E-state index contributed by atoms with van der Waals surface area (Å²) in [7, 11) is 2.93. The van der Waals surface area contributed by atoms with E-state index in [1.54, 1.807) is 6.07 Å². The Bertz CT molecular complexity index is 578. The van der Waals surface area contributed by atoms with Gasteiger partial charge in [-0.3, -0.25) is 4.79 Å². The standard InChI is InChI=1S/C13H11FO3/c1-16-11-4-3-10(14)13-9(11)5-8(7-15)6-12(13)17-2/h3-7H,1-2H3. The molecule has 2 rings (SSSR count). The molecule has 0 bridgehead atoms. The number of ether oxygens (including phenoxy) is 2. The highest BCUT2D eigenvalue weighted by Crippen LogP contribution is 2.35. The van der Waals surface area contributed by atoms with Crippen LogP contribution in [0, 0.1) is 5.82 Å². The second-order valence-electron chi connectivity index (χ2n) is 3.51. The van der Waals surface area contributed by atoms with E-state index < -0.39 is 5.82 Å². The van der Waals surface area contributed by atoms with Gasteiger partial charge >= 0.3 is 0 Å². The number of fused-ring (bicyclic) bond motifs is 1. The van der Waals surface area contributed by atoms with E-state index in [1.807, 2.05) is 0 Å². The van der Waals surface area contributed by atoms with Gasteiger partial charge in [-0.15, -0.1) is 0 Å². The molecular weight excluding hydrogens is 223 g/mol. The molecule has 0 aliphatic heterocycles. The maximum atomic E-state index is 13.8. The molecule has 3 nitrogen and oxygen atoms in total. The Labute approximate surface area is 97.8 Å². The van der Waals surface area contributed by atoms with Gasteiger partial charge in [0.1, 0.15) is 23.6 Å². The molecule has 0 saturated heterocycles. The summed E-state index contributed by atoms with van der Waals surface area (Å²) in [5, 5.41) is 0.839. The first-order valence-corrected chi connectivity index (χ1v) is 5.00. The van der Waals surface area contributed by atoms with Crippen LogP contribution in [0.3, 0.4) is 0 Å². The molecule has 4 heteroatoms. The lowest BCUT2D eigenvalue weighted by molar-refractivity contribution is 0.112. The number of hydrogen-bond donors (Lipinski definition) is 0. The van der Waals surface area contributed by atoms with Gasteiger partial charge in [-0.25, -0.2) is 4.39 Å². The van der Waals surface area contributed by atoms with Crippen LogP contribution in [0.15, 0.2) is 24.3 Å². The van der Waals surface area contributed by atoms with E-state index in [4.69, 9.17) is 9.47 Å². The number of aldehydes is 1. The van der Waals surface area contributed by atoms with E-state index in [-0.39, 0.29) is 0 Å². The van der Waals surface area contributed by atoms with Crippen LogP contribution in [0.25, 0.3) is 10.8 Å². The lowest BCUT2D eigenvalue weighted by Gasteiger charge is -2.10. The van der Waals surface area contributed by atoms with Crippen molar-refractivity contribution < 1.29 is 18.7 Å². The van der Waals surface area contributed by atoms with Crippen molar-refractivity contribution in [2.45, 2.75) is 0 Å². The molecule has 0 radical (unpaired) electrons. The Morgan fingerprint density at radius 2 is 1.82 bits per heavy atom. The maximum Gasteiger partial charge on any atom is 0.150 e. The maximum absolute atomic E-state index is 13.8. The summed E-state index contributed by atoms with van der Waals surface area (Å²) in [6.07, 6.45) is 0.687. The van der Waals surface area contributed by atoms with Crippen LogP contribution in [0.4, 0.5) is 4.39 Å². The van der Waals surface area contributed by atoms with Crippen LogP contribution >= 0.6 is 0 Å². The molecule has 0 amide bonds. The van der Waals surface area contributed by atoms with Crippen molar-refractivity contribution in [1.29, 1.82) is 0 Å². The van der Waals surface area contributed by atoms with Crippen LogP contribution in [0.5, 0.6) is 11.5 Å². The van der Waals surface area contributed by atoms with Gasteiger partial charge < -0.3 is 9.47 Å².